The predicted octanol–water partition coefficient (Wildman–Crippen LogP) is 3.51. The molecule has 7 nitrogen and oxygen atoms in total. The van der Waals surface area contributed by atoms with Crippen LogP contribution < -0.4 is 5.32 Å². The fourth-order valence-electron chi connectivity index (χ4n) is 3.82. The minimum Gasteiger partial charge on any atom is -0.319 e. The molecule has 0 radical (unpaired) electrons. The summed E-state index contributed by atoms with van der Waals surface area (Å²) in [5.74, 6) is -0.721. The first-order valence-corrected chi connectivity index (χ1v) is 10.4. The zero-order valence-electron chi connectivity index (χ0n) is 17.2. The van der Waals surface area contributed by atoms with Gasteiger partial charge in [-0.15, -0.1) is 11.3 Å². The van der Waals surface area contributed by atoms with Crippen molar-refractivity contribution in [3.63, 3.8) is 0 Å². The Balaban J connectivity index is 1.60. The summed E-state index contributed by atoms with van der Waals surface area (Å²) in [5, 5.41) is 5.39. The number of carbonyl (C=O) groups excluding carboxylic acids is 3. The molecule has 3 heterocycles. The normalized spacial score (nSPS) is 18.7. The van der Waals surface area contributed by atoms with Crippen molar-refractivity contribution in [3.8, 4) is 5.13 Å². The van der Waals surface area contributed by atoms with Gasteiger partial charge in [0.25, 0.3) is 5.91 Å². The Labute approximate surface area is 178 Å². The van der Waals surface area contributed by atoms with Gasteiger partial charge in [0, 0.05) is 28.5 Å². The molecule has 3 amide bonds. The van der Waals surface area contributed by atoms with E-state index < -0.39 is 17.5 Å². The van der Waals surface area contributed by atoms with Crippen LogP contribution >= 0.6 is 11.3 Å². The number of hydrogen-bond acceptors (Lipinski definition) is 5. The minimum atomic E-state index is -1.19. The number of nitrogens with zero attached hydrogens (tertiary/aromatic N) is 3. The average molecular weight is 423 g/mol. The monoisotopic (exact) mass is 422 g/mol. The molecule has 1 aliphatic heterocycles. The highest BCUT2D eigenvalue weighted by atomic mass is 32.1. The van der Waals surface area contributed by atoms with Crippen molar-refractivity contribution in [2.75, 3.05) is 6.54 Å². The lowest BCUT2D eigenvalue weighted by atomic mass is 9.91. The highest BCUT2D eigenvalue weighted by Gasteiger charge is 2.49. The second-order valence-electron chi connectivity index (χ2n) is 7.67. The van der Waals surface area contributed by atoms with E-state index in [1.54, 1.807) is 19.2 Å². The van der Waals surface area contributed by atoms with Gasteiger partial charge in [-0.05, 0) is 39.3 Å². The van der Waals surface area contributed by atoms with Gasteiger partial charge in [0.05, 0.1) is 6.54 Å². The summed E-state index contributed by atoms with van der Waals surface area (Å²) in [4.78, 5) is 44.0. The maximum Gasteiger partial charge on any atom is 0.325 e. The highest BCUT2D eigenvalue weighted by Crippen LogP contribution is 2.30. The number of nitrogens with one attached hydrogen (secondary N) is 1. The molecule has 1 atom stereocenters. The van der Waals surface area contributed by atoms with E-state index in [-0.39, 0.29) is 12.3 Å². The lowest BCUT2D eigenvalue weighted by Crippen LogP contribution is -2.41. The van der Waals surface area contributed by atoms with Crippen LogP contribution in [0.4, 0.5) is 4.79 Å². The fraction of sp³-hybridized carbons (Fsp3) is 0.273. The van der Waals surface area contributed by atoms with Crippen LogP contribution in [0.5, 0.6) is 0 Å². The Morgan fingerprint density at radius 3 is 2.50 bits per heavy atom. The van der Waals surface area contributed by atoms with E-state index in [4.69, 9.17) is 0 Å². The second kappa shape index (κ2) is 7.21. The first kappa shape index (κ1) is 20.0. The molecule has 0 saturated carbocycles. The molecule has 0 aliphatic carbocycles. The summed E-state index contributed by atoms with van der Waals surface area (Å²) < 4.78 is 1.90. The smallest absolute Gasteiger partial charge is 0.319 e. The zero-order valence-corrected chi connectivity index (χ0v) is 18.0. The van der Waals surface area contributed by atoms with E-state index in [1.165, 1.54) is 11.3 Å². The zero-order chi connectivity index (χ0) is 21.6. The van der Waals surface area contributed by atoms with Crippen LogP contribution in [0.15, 0.2) is 41.9 Å². The first-order valence-electron chi connectivity index (χ1n) is 9.55. The lowest BCUT2D eigenvalue weighted by molar-refractivity contribution is -0.130. The number of carbonyl (C=O) groups is 3. The second-order valence-corrected chi connectivity index (χ2v) is 8.54. The highest BCUT2D eigenvalue weighted by molar-refractivity contribution is 7.12. The Hall–Kier alpha value is -3.26. The van der Waals surface area contributed by atoms with Gasteiger partial charge >= 0.3 is 6.03 Å². The molecule has 154 valence electrons. The molecule has 3 aromatic rings. The van der Waals surface area contributed by atoms with Gasteiger partial charge in [-0.1, -0.05) is 29.8 Å². The molecule has 1 aromatic carbocycles. The molecule has 1 saturated heterocycles. The Kier molecular flexibility index (Phi) is 4.82. The number of benzene rings is 1. The predicted molar refractivity (Wildman–Crippen MR) is 114 cm³/mol. The fourth-order valence-corrected chi connectivity index (χ4v) is 4.57. The molecule has 4 rings (SSSR count). The lowest BCUT2D eigenvalue weighted by Gasteiger charge is -2.22. The topological polar surface area (TPSA) is 84.3 Å². The van der Waals surface area contributed by atoms with E-state index in [2.05, 4.69) is 10.3 Å². The van der Waals surface area contributed by atoms with Gasteiger partial charge in [-0.3, -0.25) is 19.1 Å². The largest absolute Gasteiger partial charge is 0.325 e. The van der Waals surface area contributed by atoms with Gasteiger partial charge in [0.1, 0.15) is 5.54 Å². The van der Waals surface area contributed by atoms with E-state index in [0.29, 0.717) is 11.1 Å². The number of Topliss-reactive ketones (excluding diaryl/α,β-unsaturated/α-hetero) is 1. The number of thiazole rings is 1. The van der Waals surface area contributed by atoms with Crippen molar-refractivity contribution < 1.29 is 14.4 Å². The van der Waals surface area contributed by atoms with Crippen LogP contribution in [0.1, 0.15) is 39.8 Å². The summed E-state index contributed by atoms with van der Waals surface area (Å²) in [6.07, 6.45) is 1.71. The molecular weight excluding hydrogens is 400 g/mol. The number of aryl methyl sites for hydroxylation is 2. The summed E-state index contributed by atoms with van der Waals surface area (Å²) in [6.45, 7) is 7.04. The van der Waals surface area contributed by atoms with Gasteiger partial charge < -0.3 is 5.32 Å². The minimum absolute atomic E-state index is 0.289. The molecule has 1 N–H and O–H groups in total. The molecule has 1 fully saturated rings. The van der Waals surface area contributed by atoms with Crippen molar-refractivity contribution in [3.05, 3.63) is 70.0 Å². The summed E-state index contributed by atoms with van der Waals surface area (Å²) >= 11 is 1.47. The Morgan fingerprint density at radius 2 is 1.87 bits per heavy atom. The third-order valence-corrected chi connectivity index (χ3v) is 6.30. The van der Waals surface area contributed by atoms with E-state index >= 15 is 0 Å². The van der Waals surface area contributed by atoms with Gasteiger partial charge in [0.15, 0.2) is 10.9 Å². The van der Waals surface area contributed by atoms with Crippen LogP contribution in [0.25, 0.3) is 5.13 Å². The molecule has 1 unspecified atom stereocenters. The van der Waals surface area contributed by atoms with Crippen LogP contribution in [-0.2, 0) is 10.3 Å². The van der Waals surface area contributed by atoms with Gasteiger partial charge in [0.2, 0.25) is 0 Å². The van der Waals surface area contributed by atoms with Gasteiger partial charge in [-0.25, -0.2) is 9.78 Å². The molecule has 8 heteroatoms. The quantitative estimate of drug-likeness (QED) is 0.504. The molecule has 0 bridgehead atoms. The summed E-state index contributed by atoms with van der Waals surface area (Å²) in [7, 11) is 0. The van der Waals surface area contributed by atoms with E-state index in [9.17, 15) is 14.4 Å². The van der Waals surface area contributed by atoms with Crippen molar-refractivity contribution in [2.24, 2.45) is 0 Å². The van der Waals surface area contributed by atoms with Crippen LogP contribution in [-0.4, -0.2) is 38.7 Å². The maximum atomic E-state index is 13.1. The number of rotatable bonds is 5. The molecular formula is C22H22N4O3S. The molecule has 1 aliphatic rings. The van der Waals surface area contributed by atoms with Crippen molar-refractivity contribution in [1.29, 1.82) is 0 Å². The third-order valence-electron chi connectivity index (χ3n) is 5.55. The maximum absolute atomic E-state index is 13.1. The van der Waals surface area contributed by atoms with Crippen molar-refractivity contribution in [2.45, 2.75) is 33.2 Å². The first-order chi connectivity index (χ1) is 14.2. The van der Waals surface area contributed by atoms with Crippen LogP contribution in [0, 0.1) is 20.8 Å². The number of ketones is 1. The third kappa shape index (κ3) is 3.13. The van der Waals surface area contributed by atoms with E-state index in [0.717, 1.165) is 27.0 Å². The number of aromatic nitrogens is 2. The summed E-state index contributed by atoms with van der Waals surface area (Å²) in [5.41, 5.74) is 2.63. The Bertz CT molecular complexity index is 1150. The van der Waals surface area contributed by atoms with Crippen LogP contribution in [0.2, 0.25) is 0 Å². The standard InChI is InChI=1S/C22H22N4O3S/c1-13-5-7-16(8-6-13)22(4)19(28)25(20(29)24-22)12-18(27)17-11-14(2)26(15(17)3)21-23-9-10-30-21/h5-11H,12H2,1-4H3,(H,24,29). The SMILES string of the molecule is Cc1ccc(C2(C)NC(=O)N(CC(=O)c3cc(C)n(-c4nccs4)c3C)C2=O)cc1. The molecule has 30 heavy (non-hydrogen) atoms. The van der Waals surface area contributed by atoms with E-state index in [1.807, 2.05) is 55.0 Å². The number of hydrogen-bond donors (Lipinski definition) is 1. The Morgan fingerprint density at radius 1 is 1.17 bits per heavy atom. The van der Waals surface area contributed by atoms with Crippen LogP contribution in [0.3, 0.4) is 0 Å². The van der Waals surface area contributed by atoms with Crippen molar-refractivity contribution in [1.82, 2.24) is 19.8 Å². The van der Waals surface area contributed by atoms with Crippen molar-refractivity contribution >= 4 is 29.1 Å². The number of amides is 3. The van der Waals surface area contributed by atoms with Gasteiger partial charge in [-0.2, -0.15) is 0 Å². The average Bonchev–Trinajstić information content (AvgIpc) is 3.37. The number of urea groups is 1. The molecule has 2 aromatic heterocycles. The molecule has 0 spiro atoms. The summed E-state index contributed by atoms with van der Waals surface area (Å²) in [6, 6.07) is 8.63. The number of imide groups is 1.